The van der Waals surface area contributed by atoms with E-state index in [1.807, 2.05) is 48.8 Å². The van der Waals surface area contributed by atoms with Gasteiger partial charge in [0.15, 0.2) is 11.6 Å². The van der Waals surface area contributed by atoms with Crippen molar-refractivity contribution in [3.63, 3.8) is 0 Å². The second kappa shape index (κ2) is 7.38. The molecule has 148 valence electrons. The van der Waals surface area contributed by atoms with Crippen LogP contribution >= 0.6 is 0 Å². The van der Waals surface area contributed by atoms with Crippen LogP contribution in [0.1, 0.15) is 25.2 Å². The zero-order chi connectivity index (χ0) is 20.4. The number of hydrogen-bond acceptors (Lipinski definition) is 6. The van der Waals surface area contributed by atoms with Gasteiger partial charge in [-0.05, 0) is 38.1 Å². The molecule has 0 unspecified atom stereocenters. The van der Waals surface area contributed by atoms with Gasteiger partial charge in [0.2, 0.25) is 11.8 Å². The van der Waals surface area contributed by atoms with Gasteiger partial charge in [0, 0.05) is 29.9 Å². The molecule has 0 saturated carbocycles. The maximum atomic E-state index is 5.16. The van der Waals surface area contributed by atoms with Gasteiger partial charge in [-0.15, -0.1) is 10.2 Å². The third-order valence-corrected chi connectivity index (χ3v) is 4.77. The monoisotopic (exact) mass is 390 g/mol. The number of pyridine rings is 2. The Balaban J connectivity index is 1.69. The van der Waals surface area contributed by atoms with Crippen LogP contribution in [0.5, 0.6) is 11.8 Å². The van der Waals surface area contributed by atoms with Crippen molar-refractivity contribution < 1.29 is 9.47 Å². The van der Waals surface area contributed by atoms with Crippen LogP contribution in [0.2, 0.25) is 0 Å². The molecule has 0 amide bonds. The van der Waals surface area contributed by atoms with Gasteiger partial charge in [0.05, 0.1) is 25.6 Å². The van der Waals surface area contributed by atoms with Crippen LogP contribution < -0.4 is 9.47 Å². The van der Waals surface area contributed by atoms with E-state index < -0.39 is 5.41 Å². The summed E-state index contributed by atoms with van der Waals surface area (Å²) in [6.07, 6.45) is 3.64. The average molecular weight is 390 g/mol. The van der Waals surface area contributed by atoms with Gasteiger partial charge in [0.1, 0.15) is 0 Å². The van der Waals surface area contributed by atoms with Gasteiger partial charge >= 0.3 is 0 Å². The molecule has 0 N–H and O–H groups in total. The highest BCUT2D eigenvalue weighted by Gasteiger charge is 2.27. The normalized spacial score (nSPS) is 11.4. The molecular weight excluding hydrogens is 368 g/mol. The van der Waals surface area contributed by atoms with Crippen LogP contribution in [0.3, 0.4) is 0 Å². The van der Waals surface area contributed by atoms with E-state index in [4.69, 9.17) is 19.4 Å². The summed E-state index contributed by atoms with van der Waals surface area (Å²) in [7, 11) is 3.18. The summed E-state index contributed by atoms with van der Waals surface area (Å²) in [5.74, 6) is 2.51. The third-order valence-electron chi connectivity index (χ3n) is 4.77. The first-order valence-corrected chi connectivity index (χ1v) is 9.16. The predicted molar refractivity (Wildman–Crippen MR) is 108 cm³/mol. The van der Waals surface area contributed by atoms with Crippen LogP contribution in [-0.2, 0) is 5.41 Å². The number of hydrogen-bond donors (Lipinski definition) is 0. The largest absolute Gasteiger partial charge is 0.480 e. The van der Waals surface area contributed by atoms with Crippen molar-refractivity contribution in [3.05, 3.63) is 72.3 Å². The maximum Gasteiger partial charge on any atom is 0.232 e. The minimum absolute atomic E-state index is 0.430. The first-order valence-electron chi connectivity index (χ1n) is 9.16. The molecular formula is C21H22N6O2. The Bertz CT molecular complexity index is 1040. The van der Waals surface area contributed by atoms with E-state index in [2.05, 4.69) is 24.0 Å². The van der Waals surface area contributed by atoms with E-state index in [1.165, 1.54) is 0 Å². The van der Waals surface area contributed by atoms with Crippen molar-refractivity contribution >= 4 is 0 Å². The van der Waals surface area contributed by atoms with Crippen molar-refractivity contribution in [2.24, 2.45) is 0 Å². The molecule has 0 aliphatic carbocycles. The van der Waals surface area contributed by atoms with Crippen molar-refractivity contribution in [1.29, 1.82) is 0 Å². The summed E-state index contributed by atoms with van der Waals surface area (Å²) in [4.78, 5) is 9.64. The van der Waals surface area contributed by atoms with Crippen LogP contribution in [0.25, 0.3) is 11.6 Å². The summed E-state index contributed by atoms with van der Waals surface area (Å²) >= 11 is 0. The fraction of sp³-hybridized carbons (Fsp3) is 0.238. The minimum atomic E-state index is -0.430. The molecule has 4 aromatic heterocycles. The number of nitrogens with zero attached hydrogens (tertiary/aromatic N) is 6. The third kappa shape index (κ3) is 3.56. The van der Waals surface area contributed by atoms with Crippen LogP contribution in [-0.4, -0.2) is 43.7 Å². The molecule has 4 heterocycles. The minimum Gasteiger partial charge on any atom is -0.480 e. The summed E-state index contributed by atoms with van der Waals surface area (Å²) in [5.41, 5.74) is 1.33. The summed E-state index contributed by atoms with van der Waals surface area (Å²) in [5, 5.41) is 8.70. The number of methoxy groups -OCH3 is 2. The van der Waals surface area contributed by atoms with Gasteiger partial charge in [-0.3, -0.25) is 0 Å². The van der Waals surface area contributed by atoms with Crippen molar-refractivity contribution in [3.8, 4) is 23.4 Å². The summed E-state index contributed by atoms with van der Waals surface area (Å²) in [6.45, 7) is 4.19. The Labute approximate surface area is 168 Å². The van der Waals surface area contributed by atoms with E-state index in [0.717, 1.165) is 11.4 Å². The molecule has 0 atom stereocenters. The molecule has 0 aliphatic heterocycles. The maximum absolute atomic E-state index is 5.16. The molecule has 0 spiro atoms. The summed E-state index contributed by atoms with van der Waals surface area (Å²) in [6, 6.07) is 15.3. The van der Waals surface area contributed by atoms with Crippen molar-refractivity contribution in [2.45, 2.75) is 19.3 Å². The predicted octanol–water partition coefficient (Wildman–Crippen LogP) is 3.19. The number of rotatable bonds is 6. The highest BCUT2D eigenvalue weighted by Crippen LogP contribution is 2.30. The van der Waals surface area contributed by atoms with Gasteiger partial charge in [0.25, 0.3) is 0 Å². The smallest absolute Gasteiger partial charge is 0.232 e. The lowest BCUT2D eigenvalue weighted by molar-refractivity contribution is 0.394. The van der Waals surface area contributed by atoms with Crippen LogP contribution in [0.15, 0.2) is 60.9 Å². The fourth-order valence-electron chi connectivity index (χ4n) is 3.02. The van der Waals surface area contributed by atoms with E-state index in [9.17, 15) is 0 Å². The average Bonchev–Trinajstić information content (AvgIpc) is 3.43. The highest BCUT2D eigenvalue weighted by molar-refractivity contribution is 5.36. The van der Waals surface area contributed by atoms with Crippen LogP contribution in [0.4, 0.5) is 0 Å². The van der Waals surface area contributed by atoms with E-state index in [0.29, 0.717) is 23.4 Å². The van der Waals surface area contributed by atoms with Crippen LogP contribution in [0, 0.1) is 0 Å². The summed E-state index contributed by atoms with van der Waals surface area (Å²) < 4.78 is 13.7. The van der Waals surface area contributed by atoms with E-state index >= 15 is 0 Å². The molecule has 0 aliphatic rings. The molecule has 29 heavy (non-hydrogen) atoms. The quantitative estimate of drug-likeness (QED) is 0.503. The Hall–Kier alpha value is -3.68. The SMILES string of the molecule is COc1ccn(-c2cccc(C(C)(C)c3cccc(-n4ccc(OC)n4)n3)n2)n1. The van der Waals surface area contributed by atoms with Gasteiger partial charge in [-0.2, -0.15) is 0 Å². The second-order valence-electron chi connectivity index (χ2n) is 6.99. The Kier molecular flexibility index (Phi) is 4.75. The van der Waals surface area contributed by atoms with E-state index in [-0.39, 0.29) is 0 Å². The lowest BCUT2D eigenvalue weighted by Gasteiger charge is -2.24. The number of aromatic nitrogens is 6. The Morgan fingerprint density at radius 2 is 1.14 bits per heavy atom. The van der Waals surface area contributed by atoms with Gasteiger partial charge in [-0.25, -0.2) is 19.3 Å². The molecule has 0 bridgehead atoms. The highest BCUT2D eigenvalue weighted by atomic mass is 16.5. The Morgan fingerprint density at radius 3 is 1.52 bits per heavy atom. The topological polar surface area (TPSA) is 79.9 Å². The fourth-order valence-corrected chi connectivity index (χ4v) is 3.02. The zero-order valence-electron chi connectivity index (χ0n) is 16.8. The lowest BCUT2D eigenvalue weighted by Crippen LogP contribution is -2.23. The van der Waals surface area contributed by atoms with E-state index in [1.54, 1.807) is 35.7 Å². The Morgan fingerprint density at radius 1 is 0.690 bits per heavy atom. The molecule has 0 radical (unpaired) electrons. The zero-order valence-corrected chi connectivity index (χ0v) is 16.8. The molecule has 0 aromatic carbocycles. The van der Waals surface area contributed by atoms with Gasteiger partial charge in [-0.1, -0.05) is 12.1 Å². The standard InChI is InChI=1S/C21H22N6O2/c1-21(2,15-7-5-9-17(22-15)26-13-11-19(24-26)28-3)16-8-6-10-18(23-16)27-14-12-20(25-27)29-4/h5-14H,1-4H3. The first-order chi connectivity index (χ1) is 14.0. The lowest BCUT2D eigenvalue weighted by atomic mass is 9.84. The molecule has 8 nitrogen and oxygen atoms in total. The van der Waals surface area contributed by atoms with Crippen molar-refractivity contribution in [2.75, 3.05) is 14.2 Å². The molecule has 4 rings (SSSR count). The van der Waals surface area contributed by atoms with Gasteiger partial charge < -0.3 is 9.47 Å². The molecule has 0 fully saturated rings. The second-order valence-corrected chi connectivity index (χ2v) is 6.99. The first kappa shape index (κ1) is 18.7. The molecule has 4 aromatic rings. The molecule has 0 saturated heterocycles. The number of ether oxygens (including phenoxy) is 2. The molecule has 8 heteroatoms. The van der Waals surface area contributed by atoms with Crippen molar-refractivity contribution in [1.82, 2.24) is 29.5 Å².